The highest BCUT2D eigenvalue weighted by molar-refractivity contribution is 7.80. The number of fused-ring (bicyclic) bond motifs is 1. The molecule has 3 rings (SSSR count). The van der Waals surface area contributed by atoms with Crippen molar-refractivity contribution in [1.82, 2.24) is 9.88 Å². The van der Waals surface area contributed by atoms with Gasteiger partial charge < -0.3 is 14.6 Å². The number of ether oxygens (including phenoxy) is 1. The van der Waals surface area contributed by atoms with Crippen LogP contribution in [0.3, 0.4) is 0 Å². The smallest absolute Gasteiger partial charge is 0.224 e. The number of hydrogen-bond acceptors (Lipinski definition) is 3. The van der Waals surface area contributed by atoms with E-state index in [1.807, 2.05) is 49.6 Å². The molecule has 29 heavy (non-hydrogen) atoms. The summed E-state index contributed by atoms with van der Waals surface area (Å²) in [7, 11) is 1.43. The van der Waals surface area contributed by atoms with Crippen LogP contribution in [-0.4, -0.2) is 29.1 Å². The van der Waals surface area contributed by atoms with Crippen LogP contribution in [0.1, 0.15) is 35.7 Å². The minimum absolute atomic E-state index is 0.0708. The van der Waals surface area contributed by atoms with Crippen molar-refractivity contribution in [2.75, 3.05) is 13.7 Å². The summed E-state index contributed by atoms with van der Waals surface area (Å²) in [5.74, 6) is -0.392. The van der Waals surface area contributed by atoms with Gasteiger partial charge in [0.2, 0.25) is 5.91 Å². The van der Waals surface area contributed by atoms with Gasteiger partial charge in [0, 0.05) is 29.3 Å². The first-order valence-electron chi connectivity index (χ1n) is 9.62. The molecule has 6 heteroatoms. The van der Waals surface area contributed by atoms with Crippen LogP contribution in [-0.2, 0) is 11.2 Å². The molecule has 152 valence electrons. The molecular formula is C23H25FN2O2S. The largest absolute Gasteiger partial charge is 0.494 e. The molecule has 0 aliphatic heterocycles. The number of aryl methyl sites for hydroxylation is 1. The van der Waals surface area contributed by atoms with Crippen molar-refractivity contribution in [3.8, 4) is 5.75 Å². The molecule has 1 N–H and O–H groups in total. The van der Waals surface area contributed by atoms with E-state index in [0.29, 0.717) is 17.0 Å². The molecule has 0 saturated carbocycles. The van der Waals surface area contributed by atoms with Crippen molar-refractivity contribution in [1.29, 1.82) is 0 Å². The van der Waals surface area contributed by atoms with E-state index in [0.717, 1.165) is 34.2 Å². The second-order valence-corrected chi connectivity index (χ2v) is 7.49. The number of thiocarbonyl (C=S) groups is 1. The predicted molar refractivity (Wildman–Crippen MR) is 118 cm³/mol. The summed E-state index contributed by atoms with van der Waals surface area (Å²) in [6.45, 7) is 6.55. The Kier molecular flexibility index (Phi) is 6.33. The number of halogens is 1. The Labute approximate surface area is 175 Å². The Morgan fingerprint density at radius 2 is 1.90 bits per heavy atom. The second kappa shape index (κ2) is 8.74. The van der Waals surface area contributed by atoms with Gasteiger partial charge in [0.1, 0.15) is 4.99 Å². The molecule has 0 saturated heterocycles. The highest BCUT2D eigenvalue weighted by Crippen LogP contribution is 2.32. The number of benzene rings is 2. The van der Waals surface area contributed by atoms with E-state index in [1.165, 1.54) is 13.2 Å². The average Bonchev–Trinajstić information content (AvgIpc) is 2.96. The Bertz CT molecular complexity index is 1070. The van der Waals surface area contributed by atoms with Crippen LogP contribution in [0, 0.1) is 19.7 Å². The molecule has 0 unspecified atom stereocenters. The molecule has 0 aliphatic carbocycles. The summed E-state index contributed by atoms with van der Waals surface area (Å²) in [5, 5.41) is 3.67. The third-order valence-electron chi connectivity index (χ3n) is 5.02. The third kappa shape index (κ3) is 4.17. The maximum absolute atomic E-state index is 14.5. The Morgan fingerprint density at radius 3 is 2.52 bits per heavy atom. The van der Waals surface area contributed by atoms with E-state index < -0.39 is 5.82 Å². The van der Waals surface area contributed by atoms with Crippen LogP contribution in [0.15, 0.2) is 36.4 Å². The fourth-order valence-corrected chi connectivity index (χ4v) is 3.81. The molecule has 0 aliphatic rings. The minimum atomic E-state index is -0.465. The number of amides is 1. The van der Waals surface area contributed by atoms with Crippen molar-refractivity contribution in [2.24, 2.45) is 0 Å². The van der Waals surface area contributed by atoms with Crippen molar-refractivity contribution < 1.29 is 13.9 Å². The van der Waals surface area contributed by atoms with E-state index in [9.17, 15) is 9.18 Å². The highest BCUT2D eigenvalue weighted by Gasteiger charge is 2.21. The first-order valence-corrected chi connectivity index (χ1v) is 10.0. The van der Waals surface area contributed by atoms with Gasteiger partial charge in [-0.1, -0.05) is 49.0 Å². The molecule has 0 spiro atoms. The zero-order valence-electron chi connectivity index (χ0n) is 17.1. The van der Waals surface area contributed by atoms with Crippen LogP contribution >= 0.6 is 12.2 Å². The maximum atomic E-state index is 14.5. The van der Waals surface area contributed by atoms with E-state index >= 15 is 0 Å². The average molecular weight is 413 g/mol. The number of hydrogen-bond donors (Lipinski definition) is 1. The first kappa shape index (κ1) is 21.0. The fourth-order valence-electron chi connectivity index (χ4n) is 3.43. The quantitative estimate of drug-likeness (QED) is 0.597. The molecule has 1 amide bonds. The third-order valence-corrected chi connectivity index (χ3v) is 5.44. The van der Waals surface area contributed by atoms with E-state index in [-0.39, 0.29) is 18.1 Å². The van der Waals surface area contributed by atoms with Gasteiger partial charge in [0.25, 0.3) is 0 Å². The van der Waals surface area contributed by atoms with E-state index in [4.69, 9.17) is 17.0 Å². The predicted octanol–water partition coefficient (Wildman–Crippen LogP) is 4.70. The number of rotatable bonds is 6. The topological polar surface area (TPSA) is 43.3 Å². The number of nitrogens with zero attached hydrogens (tertiary/aromatic N) is 1. The fraction of sp³-hybridized carbons (Fsp3) is 0.304. The van der Waals surface area contributed by atoms with Crippen LogP contribution in [0.4, 0.5) is 4.39 Å². The van der Waals surface area contributed by atoms with Crippen LogP contribution in [0.25, 0.3) is 10.9 Å². The summed E-state index contributed by atoms with van der Waals surface area (Å²) in [5.41, 5.74) is 4.27. The van der Waals surface area contributed by atoms with Gasteiger partial charge in [-0.2, -0.15) is 0 Å². The lowest BCUT2D eigenvalue weighted by Crippen LogP contribution is -2.26. The molecule has 3 aromatic rings. The molecule has 0 bridgehead atoms. The van der Waals surface area contributed by atoms with Crippen LogP contribution in [0.2, 0.25) is 0 Å². The van der Waals surface area contributed by atoms with Gasteiger partial charge in [-0.3, -0.25) is 4.79 Å². The summed E-state index contributed by atoms with van der Waals surface area (Å²) in [4.78, 5) is 13.0. The van der Waals surface area contributed by atoms with Gasteiger partial charge in [-0.05, 0) is 31.9 Å². The molecule has 4 nitrogen and oxygen atoms in total. The van der Waals surface area contributed by atoms with Gasteiger partial charge in [-0.25, -0.2) is 4.39 Å². The van der Waals surface area contributed by atoms with Crippen molar-refractivity contribution in [2.45, 2.75) is 33.6 Å². The lowest BCUT2D eigenvalue weighted by atomic mass is 10.1. The molecule has 0 atom stereocenters. The van der Waals surface area contributed by atoms with E-state index in [1.54, 1.807) is 6.07 Å². The number of aromatic nitrogens is 1. The van der Waals surface area contributed by atoms with Gasteiger partial charge in [0.05, 0.1) is 19.0 Å². The van der Waals surface area contributed by atoms with Gasteiger partial charge in [-0.15, -0.1) is 0 Å². The standard InChI is InChI=1S/C23H25FN2O2S/c1-5-10-25-22(27)12-17-15(3)26(23(29)16-8-6-14(2)7-9-16)20-13-19(24)21(28-4)11-18(17)20/h6-9,11,13H,5,10,12H2,1-4H3,(H,25,27). The lowest BCUT2D eigenvalue weighted by Gasteiger charge is -2.11. The Balaban J connectivity index is 2.17. The van der Waals surface area contributed by atoms with Gasteiger partial charge in [0.15, 0.2) is 11.6 Å². The summed E-state index contributed by atoms with van der Waals surface area (Å²) in [6, 6.07) is 11.0. The SMILES string of the molecule is CCCNC(=O)Cc1c(C)n(C(=S)c2ccc(C)cc2)c2cc(F)c(OC)cc12. The Morgan fingerprint density at radius 1 is 1.21 bits per heavy atom. The zero-order valence-corrected chi connectivity index (χ0v) is 18.0. The summed E-state index contributed by atoms with van der Waals surface area (Å²) < 4.78 is 21.5. The zero-order chi connectivity index (χ0) is 21.1. The first-order chi connectivity index (χ1) is 13.9. The summed E-state index contributed by atoms with van der Waals surface area (Å²) >= 11 is 5.76. The molecule has 0 radical (unpaired) electrons. The van der Waals surface area contributed by atoms with Crippen molar-refractivity contribution in [3.63, 3.8) is 0 Å². The van der Waals surface area contributed by atoms with Crippen LogP contribution in [0.5, 0.6) is 5.75 Å². The second-order valence-electron chi connectivity index (χ2n) is 7.10. The molecular weight excluding hydrogens is 387 g/mol. The molecule has 0 fully saturated rings. The normalized spacial score (nSPS) is 10.9. The van der Waals surface area contributed by atoms with Crippen molar-refractivity contribution >= 4 is 34.0 Å². The van der Waals surface area contributed by atoms with Crippen molar-refractivity contribution in [3.05, 3.63) is 64.6 Å². The van der Waals surface area contributed by atoms with E-state index in [2.05, 4.69) is 5.32 Å². The highest BCUT2D eigenvalue weighted by atomic mass is 32.1. The Hall–Kier alpha value is -2.73. The number of carbonyl (C=O) groups excluding carboxylic acids is 1. The molecule has 1 aromatic heterocycles. The number of nitrogens with one attached hydrogen (secondary N) is 1. The lowest BCUT2D eigenvalue weighted by molar-refractivity contribution is -0.120. The minimum Gasteiger partial charge on any atom is -0.494 e. The number of carbonyl (C=O) groups is 1. The molecule has 1 heterocycles. The summed E-state index contributed by atoms with van der Waals surface area (Å²) in [6.07, 6.45) is 1.06. The number of methoxy groups -OCH3 is 1. The van der Waals surface area contributed by atoms with Gasteiger partial charge >= 0.3 is 0 Å². The maximum Gasteiger partial charge on any atom is 0.224 e. The monoisotopic (exact) mass is 412 g/mol. The van der Waals surface area contributed by atoms with Crippen LogP contribution < -0.4 is 10.1 Å². The molecule has 2 aromatic carbocycles.